The lowest BCUT2D eigenvalue weighted by Crippen LogP contribution is -2.40. The Balaban J connectivity index is 1.36. The normalized spacial score (nSPS) is 15.9. The van der Waals surface area contributed by atoms with E-state index in [-0.39, 0.29) is 4.90 Å². The van der Waals surface area contributed by atoms with Crippen molar-refractivity contribution in [1.29, 1.82) is 0 Å². The van der Waals surface area contributed by atoms with Crippen molar-refractivity contribution in [3.8, 4) is 0 Å². The molecule has 3 aromatic rings. The molecule has 1 fully saturated rings. The van der Waals surface area contributed by atoms with Crippen LogP contribution in [-0.2, 0) is 21.2 Å². The molecule has 7 nitrogen and oxygen atoms in total. The van der Waals surface area contributed by atoms with Crippen LogP contribution >= 0.6 is 11.3 Å². The topological polar surface area (TPSA) is 84.4 Å². The summed E-state index contributed by atoms with van der Waals surface area (Å²) < 4.78 is 33.0. The van der Waals surface area contributed by atoms with E-state index < -0.39 is 10.0 Å². The number of fused-ring (bicyclic) bond motifs is 1. The quantitative estimate of drug-likeness (QED) is 0.679. The monoisotopic (exact) mass is 404 g/mol. The fourth-order valence-corrected chi connectivity index (χ4v) is 5.22. The minimum Gasteiger partial charge on any atom is -0.379 e. The Labute approximate surface area is 162 Å². The van der Waals surface area contributed by atoms with Crippen molar-refractivity contribution >= 4 is 37.4 Å². The van der Waals surface area contributed by atoms with E-state index in [1.165, 1.54) is 15.2 Å². The van der Waals surface area contributed by atoms with E-state index in [2.05, 4.69) is 21.4 Å². The molecule has 1 saturated heterocycles. The van der Waals surface area contributed by atoms with Crippen LogP contribution in [0.3, 0.4) is 0 Å². The largest absolute Gasteiger partial charge is 0.379 e. The summed E-state index contributed by atoms with van der Waals surface area (Å²) in [6.07, 6.45) is 2.19. The van der Waals surface area contributed by atoms with E-state index in [0.717, 1.165) is 16.9 Å². The molecule has 0 amide bonds. The predicted octanol–water partition coefficient (Wildman–Crippen LogP) is 2.37. The van der Waals surface area contributed by atoms with Gasteiger partial charge in [-0.3, -0.25) is 0 Å². The molecule has 1 aliphatic heterocycles. The van der Waals surface area contributed by atoms with Crippen molar-refractivity contribution in [1.82, 2.24) is 14.3 Å². The Morgan fingerprint density at radius 3 is 2.70 bits per heavy atom. The number of hydrogen-bond acceptors (Lipinski definition) is 7. The summed E-state index contributed by atoms with van der Waals surface area (Å²) in [4.78, 5) is 9.06. The number of anilines is 1. The first kappa shape index (κ1) is 18.3. The number of thiazole rings is 1. The van der Waals surface area contributed by atoms with Crippen molar-refractivity contribution in [2.45, 2.75) is 11.3 Å². The fraction of sp³-hybridized carbons (Fsp3) is 0.333. The lowest BCUT2D eigenvalue weighted by molar-refractivity contribution is 0.0730. The van der Waals surface area contributed by atoms with Gasteiger partial charge in [0.25, 0.3) is 0 Å². The van der Waals surface area contributed by atoms with Gasteiger partial charge in [-0.2, -0.15) is 4.31 Å². The number of aromatic nitrogens is 2. The van der Waals surface area contributed by atoms with Gasteiger partial charge in [0.15, 0.2) is 0 Å². The summed E-state index contributed by atoms with van der Waals surface area (Å²) in [7, 11) is -3.50. The van der Waals surface area contributed by atoms with Gasteiger partial charge in [0, 0.05) is 32.3 Å². The maximum atomic E-state index is 12.6. The standard InChI is InChI=1S/C18H20N4O3S2/c23-27(24,22-9-11-25-12-10-22)14-5-6-17(20-13-14)19-8-7-18-21-15-3-1-2-4-16(15)26-18/h1-6,13H,7-12H2,(H,19,20). The maximum Gasteiger partial charge on any atom is 0.244 e. The highest BCUT2D eigenvalue weighted by atomic mass is 32.2. The molecule has 27 heavy (non-hydrogen) atoms. The minimum atomic E-state index is -3.50. The molecule has 4 rings (SSSR count). The summed E-state index contributed by atoms with van der Waals surface area (Å²) >= 11 is 1.69. The number of pyridine rings is 1. The number of nitrogens with zero attached hydrogens (tertiary/aromatic N) is 3. The minimum absolute atomic E-state index is 0.209. The Kier molecular flexibility index (Phi) is 5.35. The smallest absolute Gasteiger partial charge is 0.244 e. The fourth-order valence-electron chi connectivity index (χ4n) is 2.90. The van der Waals surface area contributed by atoms with Crippen LogP contribution in [0.2, 0.25) is 0 Å². The summed E-state index contributed by atoms with van der Waals surface area (Å²) in [5.74, 6) is 0.650. The van der Waals surface area contributed by atoms with Crippen molar-refractivity contribution < 1.29 is 13.2 Å². The van der Waals surface area contributed by atoms with E-state index >= 15 is 0 Å². The third kappa shape index (κ3) is 4.11. The molecule has 0 radical (unpaired) electrons. The van der Waals surface area contributed by atoms with Crippen molar-refractivity contribution in [3.63, 3.8) is 0 Å². The Morgan fingerprint density at radius 1 is 1.15 bits per heavy atom. The van der Waals surface area contributed by atoms with Crippen LogP contribution in [0.1, 0.15) is 5.01 Å². The Bertz CT molecular complexity index is 980. The molecule has 1 N–H and O–H groups in total. The first-order valence-corrected chi connectivity index (χ1v) is 11.0. The van der Waals surface area contributed by atoms with Crippen LogP contribution in [0.15, 0.2) is 47.5 Å². The second kappa shape index (κ2) is 7.89. The summed E-state index contributed by atoms with van der Waals surface area (Å²) in [6, 6.07) is 11.4. The van der Waals surface area contributed by atoms with Crippen LogP contribution in [0, 0.1) is 0 Å². The molecule has 0 aliphatic carbocycles. The molecule has 0 unspecified atom stereocenters. The predicted molar refractivity (Wildman–Crippen MR) is 106 cm³/mol. The average molecular weight is 405 g/mol. The highest BCUT2D eigenvalue weighted by Gasteiger charge is 2.26. The summed E-state index contributed by atoms with van der Waals surface area (Å²) in [5, 5.41) is 4.29. The number of hydrogen-bond donors (Lipinski definition) is 1. The molecular weight excluding hydrogens is 384 g/mol. The number of rotatable bonds is 6. The number of sulfonamides is 1. The van der Waals surface area contributed by atoms with Crippen LogP contribution < -0.4 is 5.32 Å². The van der Waals surface area contributed by atoms with Gasteiger partial charge in [0.2, 0.25) is 10.0 Å². The van der Waals surface area contributed by atoms with Gasteiger partial charge in [-0.05, 0) is 24.3 Å². The maximum absolute atomic E-state index is 12.6. The van der Waals surface area contributed by atoms with Gasteiger partial charge in [-0.25, -0.2) is 18.4 Å². The first-order valence-electron chi connectivity index (χ1n) is 8.75. The van der Waals surface area contributed by atoms with Crippen LogP contribution in [0.4, 0.5) is 5.82 Å². The SMILES string of the molecule is O=S(=O)(c1ccc(NCCc2nc3ccccc3s2)nc1)N1CCOCC1. The van der Waals surface area contributed by atoms with Gasteiger partial charge >= 0.3 is 0 Å². The van der Waals surface area contributed by atoms with Gasteiger partial charge in [-0.15, -0.1) is 11.3 Å². The molecule has 142 valence electrons. The van der Waals surface area contributed by atoms with E-state index in [1.54, 1.807) is 23.5 Å². The third-order valence-electron chi connectivity index (χ3n) is 4.33. The van der Waals surface area contributed by atoms with E-state index in [9.17, 15) is 8.42 Å². The van der Waals surface area contributed by atoms with Crippen molar-refractivity contribution in [2.75, 3.05) is 38.2 Å². The Morgan fingerprint density at radius 2 is 1.96 bits per heavy atom. The highest BCUT2D eigenvalue weighted by Crippen LogP contribution is 2.22. The number of para-hydroxylation sites is 1. The van der Waals surface area contributed by atoms with Crippen molar-refractivity contribution in [2.24, 2.45) is 0 Å². The van der Waals surface area contributed by atoms with E-state index in [1.807, 2.05) is 18.2 Å². The zero-order valence-electron chi connectivity index (χ0n) is 14.7. The molecule has 3 heterocycles. The van der Waals surface area contributed by atoms with Crippen LogP contribution in [0.5, 0.6) is 0 Å². The van der Waals surface area contributed by atoms with Gasteiger partial charge in [-0.1, -0.05) is 12.1 Å². The van der Waals surface area contributed by atoms with E-state index in [4.69, 9.17) is 4.74 Å². The zero-order chi connectivity index (χ0) is 18.7. The first-order chi connectivity index (χ1) is 13.1. The molecule has 1 aliphatic rings. The molecule has 1 aromatic carbocycles. The third-order valence-corrected chi connectivity index (χ3v) is 7.31. The number of morpholine rings is 1. The second-order valence-electron chi connectivity index (χ2n) is 6.15. The number of nitrogens with one attached hydrogen (secondary N) is 1. The Hall–Kier alpha value is -2.07. The van der Waals surface area contributed by atoms with Gasteiger partial charge in [0.05, 0.1) is 28.4 Å². The van der Waals surface area contributed by atoms with E-state index in [0.29, 0.717) is 38.7 Å². The number of ether oxygens (including phenoxy) is 1. The lowest BCUT2D eigenvalue weighted by Gasteiger charge is -2.25. The highest BCUT2D eigenvalue weighted by molar-refractivity contribution is 7.89. The lowest BCUT2D eigenvalue weighted by atomic mass is 10.3. The zero-order valence-corrected chi connectivity index (χ0v) is 16.3. The molecule has 0 saturated carbocycles. The van der Waals surface area contributed by atoms with Gasteiger partial charge < -0.3 is 10.1 Å². The molecule has 2 aromatic heterocycles. The summed E-state index contributed by atoms with van der Waals surface area (Å²) in [6.45, 7) is 2.30. The number of benzene rings is 1. The van der Waals surface area contributed by atoms with Crippen LogP contribution in [-0.4, -0.2) is 55.5 Å². The van der Waals surface area contributed by atoms with Crippen molar-refractivity contribution in [3.05, 3.63) is 47.6 Å². The van der Waals surface area contributed by atoms with Crippen LogP contribution in [0.25, 0.3) is 10.2 Å². The molecule has 0 bridgehead atoms. The summed E-state index contributed by atoms with van der Waals surface area (Å²) in [5.41, 5.74) is 1.02. The molecule has 0 spiro atoms. The molecule has 9 heteroatoms. The van der Waals surface area contributed by atoms with Gasteiger partial charge in [0.1, 0.15) is 10.7 Å². The molecular formula is C18H20N4O3S2. The second-order valence-corrected chi connectivity index (χ2v) is 9.20. The molecule has 0 atom stereocenters. The average Bonchev–Trinajstić information content (AvgIpc) is 3.12.